The third-order valence-electron chi connectivity index (χ3n) is 2.98. The molecule has 1 atom stereocenters. The van der Waals surface area contributed by atoms with Crippen LogP contribution in [0.25, 0.3) is 0 Å². The van der Waals surface area contributed by atoms with E-state index in [1.165, 1.54) is 0 Å². The lowest BCUT2D eigenvalue weighted by Crippen LogP contribution is -2.25. The summed E-state index contributed by atoms with van der Waals surface area (Å²) in [5.41, 5.74) is 8.44. The van der Waals surface area contributed by atoms with Crippen LogP contribution in [0.4, 0.5) is 0 Å². The van der Waals surface area contributed by atoms with Crippen molar-refractivity contribution in [2.75, 3.05) is 0 Å². The monoisotopic (exact) mass is 279 g/mol. The van der Waals surface area contributed by atoms with Gasteiger partial charge in [-0.3, -0.25) is 0 Å². The van der Waals surface area contributed by atoms with E-state index >= 15 is 0 Å². The summed E-state index contributed by atoms with van der Waals surface area (Å²) >= 11 is 11.8. The van der Waals surface area contributed by atoms with Gasteiger partial charge < -0.3 is 5.73 Å². The number of hydrogen-bond acceptors (Lipinski definition) is 1. The van der Waals surface area contributed by atoms with E-state index in [-0.39, 0.29) is 12.0 Å². The zero-order valence-electron chi connectivity index (χ0n) is 10.1. The summed E-state index contributed by atoms with van der Waals surface area (Å²) in [6.45, 7) is 2.01. The van der Waals surface area contributed by atoms with Gasteiger partial charge in [0.05, 0.1) is 0 Å². The fourth-order valence-electron chi connectivity index (χ4n) is 2.14. The Hall–Kier alpha value is -1.02. The van der Waals surface area contributed by atoms with Crippen molar-refractivity contribution in [3.63, 3.8) is 0 Å². The number of rotatable bonds is 3. The normalized spacial score (nSPS) is 12.7. The van der Waals surface area contributed by atoms with Crippen LogP contribution in [0, 0.1) is 0 Å². The summed E-state index contributed by atoms with van der Waals surface area (Å²) < 4.78 is 0. The summed E-state index contributed by atoms with van der Waals surface area (Å²) in [6.07, 6.45) is 0. The maximum atomic E-state index is 6.11. The standard InChI is InChI=1S/C15H15Cl2N/c1-10(18)15(11-2-6-13(16)7-3-11)12-4-8-14(17)9-5-12/h2-10,15H,18H2,1H3. The Morgan fingerprint density at radius 1 is 0.778 bits per heavy atom. The van der Waals surface area contributed by atoms with Crippen molar-refractivity contribution in [2.24, 2.45) is 5.73 Å². The minimum Gasteiger partial charge on any atom is -0.327 e. The summed E-state index contributed by atoms with van der Waals surface area (Å²) in [7, 11) is 0. The lowest BCUT2D eigenvalue weighted by molar-refractivity contribution is 0.645. The number of hydrogen-bond donors (Lipinski definition) is 1. The second kappa shape index (κ2) is 5.75. The fourth-order valence-corrected chi connectivity index (χ4v) is 2.39. The molecule has 0 aromatic heterocycles. The molecule has 3 heteroatoms. The van der Waals surface area contributed by atoms with Crippen LogP contribution in [-0.4, -0.2) is 6.04 Å². The van der Waals surface area contributed by atoms with Gasteiger partial charge in [0.15, 0.2) is 0 Å². The first-order valence-corrected chi connectivity index (χ1v) is 6.60. The van der Waals surface area contributed by atoms with Gasteiger partial charge in [0.2, 0.25) is 0 Å². The zero-order valence-corrected chi connectivity index (χ0v) is 11.6. The molecule has 0 aliphatic heterocycles. The molecule has 94 valence electrons. The Balaban J connectivity index is 2.39. The molecule has 0 spiro atoms. The van der Waals surface area contributed by atoms with E-state index in [4.69, 9.17) is 28.9 Å². The first-order valence-electron chi connectivity index (χ1n) is 5.84. The minimum atomic E-state index is 0.0207. The van der Waals surface area contributed by atoms with Crippen LogP contribution in [0.3, 0.4) is 0 Å². The van der Waals surface area contributed by atoms with Gasteiger partial charge in [0.25, 0.3) is 0 Å². The second-order valence-corrected chi connectivity index (χ2v) is 5.31. The van der Waals surface area contributed by atoms with E-state index in [0.29, 0.717) is 0 Å². The van der Waals surface area contributed by atoms with Crippen molar-refractivity contribution in [1.29, 1.82) is 0 Å². The molecule has 0 saturated heterocycles. The zero-order chi connectivity index (χ0) is 13.1. The lowest BCUT2D eigenvalue weighted by atomic mass is 9.86. The number of benzene rings is 2. The summed E-state index contributed by atoms with van der Waals surface area (Å²) in [6, 6.07) is 15.7. The highest BCUT2D eigenvalue weighted by molar-refractivity contribution is 6.30. The van der Waals surface area contributed by atoms with Crippen LogP contribution in [-0.2, 0) is 0 Å². The first-order chi connectivity index (χ1) is 8.58. The van der Waals surface area contributed by atoms with Gasteiger partial charge >= 0.3 is 0 Å². The molecule has 18 heavy (non-hydrogen) atoms. The summed E-state index contributed by atoms with van der Waals surface area (Å²) in [5, 5.41) is 1.47. The van der Waals surface area contributed by atoms with E-state index in [2.05, 4.69) is 0 Å². The van der Waals surface area contributed by atoms with Crippen LogP contribution < -0.4 is 5.73 Å². The van der Waals surface area contributed by atoms with Crippen molar-refractivity contribution in [3.05, 3.63) is 69.7 Å². The predicted octanol–water partition coefficient (Wildman–Crippen LogP) is 4.47. The average Bonchev–Trinajstić information content (AvgIpc) is 2.34. The molecule has 0 saturated carbocycles. The number of nitrogens with two attached hydrogens (primary N) is 1. The molecule has 0 heterocycles. The summed E-state index contributed by atoms with van der Waals surface area (Å²) in [5.74, 6) is 0.152. The molecule has 0 amide bonds. The van der Waals surface area contributed by atoms with Crippen molar-refractivity contribution in [2.45, 2.75) is 18.9 Å². The molecule has 0 aliphatic rings. The molecule has 1 unspecified atom stereocenters. The minimum absolute atomic E-state index is 0.0207. The SMILES string of the molecule is CC(N)C(c1ccc(Cl)cc1)c1ccc(Cl)cc1. The van der Waals surface area contributed by atoms with E-state index in [1.807, 2.05) is 55.5 Å². The predicted molar refractivity (Wildman–Crippen MR) is 78.4 cm³/mol. The molecule has 0 fully saturated rings. The first kappa shape index (κ1) is 13.4. The van der Waals surface area contributed by atoms with E-state index < -0.39 is 0 Å². The van der Waals surface area contributed by atoms with Crippen molar-refractivity contribution >= 4 is 23.2 Å². The van der Waals surface area contributed by atoms with E-state index in [1.54, 1.807) is 0 Å². The Labute approximate surface area is 118 Å². The highest BCUT2D eigenvalue weighted by Gasteiger charge is 2.18. The maximum absolute atomic E-state index is 6.11. The highest BCUT2D eigenvalue weighted by Crippen LogP contribution is 2.29. The van der Waals surface area contributed by atoms with Crippen molar-refractivity contribution < 1.29 is 0 Å². The molecule has 2 aromatic rings. The second-order valence-electron chi connectivity index (χ2n) is 4.44. The fraction of sp³-hybridized carbons (Fsp3) is 0.200. The number of halogens is 2. The van der Waals surface area contributed by atoms with Gasteiger partial charge in [0.1, 0.15) is 0 Å². The third kappa shape index (κ3) is 3.05. The largest absolute Gasteiger partial charge is 0.327 e. The van der Waals surface area contributed by atoms with Crippen LogP contribution in [0.15, 0.2) is 48.5 Å². The van der Waals surface area contributed by atoms with Crippen molar-refractivity contribution in [3.8, 4) is 0 Å². The van der Waals surface area contributed by atoms with Crippen LogP contribution in [0.1, 0.15) is 24.0 Å². The van der Waals surface area contributed by atoms with Gasteiger partial charge in [-0.25, -0.2) is 0 Å². The third-order valence-corrected chi connectivity index (χ3v) is 3.49. The average molecular weight is 280 g/mol. The molecule has 0 bridgehead atoms. The smallest absolute Gasteiger partial charge is 0.0406 e. The lowest BCUT2D eigenvalue weighted by Gasteiger charge is -2.22. The van der Waals surface area contributed by atoms with Crippen molar-refractivity contribution in [1.82, 2.24) is 0 Å². The van der Waals surface area contributed by atoms with Gasteiger partial charge in [-0.1, -0.05) is 47.5 Å². The van der Waals surface area contributed by atoms with Gasteiger partial charge in [-0.15, -0.1) is 0 Å². The Morgan fingerprint density at radius 2 is 1.11 bits per heavy atom. The molecule has 1 nitrogen and oxygen atoms in total. The van der Waals surface area contributed by atoms with Crippen LogP contribution in [0.2, 0.25) is 10.0 Å². The van der Waals surface area contributed by atoms with E-state index in [0.717, 1.165) is 21.2 Å². The maximum Gasteiger partial charge on any atom is 0.0406 e. The Morgan fingerprint density at radius 3 is 1.39 bits per heavy atom. The quantitative estimate of drug-likeness (QED) is 0.881. The van der Waals surface area contributed by atoms with E-state index in [9.17, 15) is 0 Å². The molecule has 2 N–H and O–H groups in total. The van der Waals surface area contributed by atoms with Gasteiger partial charge in [0, 0.05) is 22.0 Å². The molecular weight excluding hydrogens is 265 g/mol. The molecular formula is C15H15Cl2N. The Kier molecular flexibility index (Phi) is 4.28. The van der Waals surface area contributed by atoms with Gasteiger partial charge in [-0.2, -0.15) is 0 Å². The molecule has 2 rings (SSSR count). The molecule has 2 aromatic carbocycles. The van der Waals surface area contributed by atoms with Crippen LogP contribution in [0.5, 0.6) is 0 Å². The highest BCUT2D eigenvalue weighted by atomic mass is 35.5. The van der Waals surface area contributed by atoms with Crippen LogP contribution >= 0.6 is 23.2 Å². The topological polar surface area (TPSA) is 26.0 Å². The van der Waals surface area contributed by atoms with Gasteiger partial charge in [-0.05, 0) is 42.3 Å². The summed E-state index contributed by atoms with van der Waals surface area (Å²) in [4.78, 5) is 0. The molecule has 0 radical (unpaired) electrons. The molecule has 0 aliphatic carbocycles. The Bertz CT molecular complexity index is 458.